The highest BCUT2D eigenvalue weighted by Crippen LogP contribution is 2.25. The lowest BCUT2D eigenvalue weighted by molar-refractivity contribution is -0.118. The van der Waals surface area contributed by atoms with Crippen molar-refractivity contribution in [2.24, 2.45) is 0 Å². The van der Waals surface area contributed by atoms with Gasteiger partial charge in [-0.1, -0.05) is 50.6 Å². The fourth-order valence-corrected chi connectivity index (χ4v) is 5.07. The van der Waals surface area contributed by atoms with Gasteiger partial charge in [-0.3, -0.25) is 4.79 Å². The van der Waals surface area contributed by atoms with Crippen molar-refractivity contribution in [3.05, 3.63) is 81.9 Å². The first-order chi connectivity index (χ1) is 18.9. The Hall–Kier alpha value is -3.24. The van der Waals surface area contributed by atoms with Gasteiger partial charge in [0.15, 0.2) is 0 Å². The number of aromatic nitrogens is 2. The molecule has 3 aromatic rings. The van der Waals surface area contributed by atoms with E-state index >= 15 is 0 Å². The molecule has 0 saturated carbocycles. The second-order valence-corrected chi connectivity index (χ2v) is 14.3. The number of rotatable bonds is 10. The van der Waals surface area contributed by atoms with Crippen LogP contribution in [0.1, 0.15) is 70.5 Å². The first kappa shape index (κ1) is 32.3. The molecule has 0 unspecified atom stereocenters. The number of nitrogens with one attached hydrogen (secondary N) is 1. The molecule has 3 rings (SSSR count). The van der Waals surface area contributed by atoms with Crippen LogP contribution in [0.2, 0.25) is 5.02 Å². The standard InChI is InChI=1S/C30H37ClFN3O5S/c1-29(2,3)27-19-24(35(33-27)23-9-7-8-22(31)18-23)12-13-25(36)16-20-10-11-21(26(32)17-20)14-15-41(38,39)34-28(37)40-30(4,5)6/h7-11,17-19H,12-16H2,1-6H3,(H,34,37). The highest BCUT2D eigenvalue weighted by Gasteiger charge is 2.23. The van der Waals surface area contributed by atoms with E-state index in [0.29, 0.717) is 17.0 Å². The van der Waals surface area contributed by atoms with Crippen LogP contribution in [0.4, 0.5) is 9.18 Å². The minimum atomic E-state index is -4.02. The predicted molar refractivity (Wildman–Crippen MR) is 158 cm³/mol. The van der Waals surface area contributed by atoms with Gasteiger partial charge in [-0.25, -0.2) is 27.0 Å². The third-order valence-electron chi connectivity index (χ3n) is 6.06. The van der Waals surface area contributed by atoms with Gasteiger partial charge in [0.1, 0.15) is 17.2 Å². The topological polar surface area (TPSA) is 107 Å². The van der Waals surface area contributed by atoms with Crippen molar-refractivity contribution >= 4 is 33.5 Å². The number of aryl methyl sites for hydroxylation is 2. The Morgan fingerprint density at radius 2 is 1.73 bits per heavy atom. The van der Waals surface area contributed by atoms with Crippen LogP contribution < -0.4 is 4.72 Å². The molecule has 1 amide bonds. The molecule has 0 radical (unpaired) electrons. The summed E-state index contributed by atoms with van der Waals surface area (Å²) in [5.74, 6) is -1.19. The van der Waals surface area contributed by atoms with Crippen molar-refractivity contribution in [2.75, 3.05) is 5.75 Å². The van der Waals surface area contributed by atoms with Crippen molar-refractivity contribution in [1.29, 1.82) is 0 Å². The van der Waals surface area contributed by atoms with Crippen LogP contribution in [0.25, 0.3) is 5.69 Å². The number of hydrogen-bond donors (Lipinski definition) is 1. The van der Waals surface area contributed by atoms with Crippen molar-refractivity contribution in [3.8, 4) is 5.69 Å². The Morgan fingerprint density at radius 3 is 2.34 bits per heavy atom. The minimum absolute atomic E-state index is 0.0348. The molecule has 0 bridgehead atoms. The Bertz CT molecular complexity index is 1520. The molecular formula is C30H37ClFN3O5S. The molecular weight excluding hydrogens is 569 g/mol. The van der Waals surface area contributed by atoms with Crippen molar-refractivity contribution in [2.45, 2.75) is 78.2 Å². The average molecular weight is 606 g/mol. The maximum Gasteiger partial charge on any atom is 0.421 e. The zero-order valence-corrected chi connectivity index (χ0v) is 25.8. The molecule has 0 spiro atoms. The summed E-state index contributed by atoms with van der Waals surface area (Å²) in [6.45, 7) is 11.0. The van der Waals surface area contributed by atoms with E-state index in [1.165, 1.54) is 12.1 Å². The summed E-state index contributed by atoms with van der Waals surface area (Å²) in [6.07, 6.45) is -0.530. The molecule has 11 heteroatoms. The van der Waals surface area contributed by atoms with Gasteiger partial charge >= 0.3 is 6.09 Å². The quantitative estimate of drug-likeness (QED) is 0.299. The maximum atomic E-state index is 14.8. The molecule has 0 fully saturated rings. The Labute approximate surface area is 246 Å². The fourth-order valence-electron chi connectivity index (χ4n) is 4.00. The number of carbonyl (C=O) groups is 2. The third kappa shape index (κ3) is 9.97. The summed E-state index contributed by atoms with van der Waals surface area (Å²) in [7, 11) is -4.02. The second kappa shape index (κ2) is 12.7. The summed E-state index contributed by atoms with van der Waals surface area (Å²) in [5, 5.41) is 5.35. The number of halogens is 2. The van der Waals surface area contributed by atoms with E-state index in [4.69, 9.17) is 21.4 Å². The monoisotopic (exact) mass is 605 g/mol. The SMILES string of the molecule is CC(C)(C)OC(=O)NS(=O)(=O)CCc1ccc(CC(=O)CCc2cc(C(C)(C)C)nn2-c2cccc(Cl)c2)cc1F. The summed E-state index contributed by atoms with van der Waals surface area (Å²) in [4.78, 5) is 24.6. The lowest BCUT2D eigenvalue weighted by Gasteiger charge is -2.19. The minimum Gasteiger partial charge on any atom is -0.443 e. The highest BCUT2D eigenvalue weighted by atomic mass is 35.5. The van der Waals surface area contributed by atoms with Crippen LogP contribution in [-0.4, -0.2) is 41.4 Å². The van der Waals surface area contributed by atoms with Crippen LogP contribution in [-0.2, 0) is 44.2 Å². The predicted octanol–water partition coefficient (Wildman–Crippen LogP) is 6.10. The number of sulfonamides is 1. The van der Waals surface area contributed by atoms with Gasteiger partial charge in [0.25, 0.3) is 0 Å². The van der Waals surface area contributed by atoms with E-state index in [0.717, 1.165) is 17.1 Å². The molecule has 1 N–H and O–H groups in total. The summed E-state index contributed by atoms with van der Waals surface area (Å²) in [6, 6.07) is 13.7. The number of amides is 1. The van der Waals surface area contributed by atoms with Gasteiger partial charge in [0, 0.05) is 29.0 Å². The van der Waals surface area contributed by atoms with Gasteiger partial charge in [-0.05, 0) is 75.1 Å². The summed E-state index contributed by atoms with van der Waals surface area (Å²) in [5.41, 5.74) is 2.17. The zero-order chi connectivity index (χ0) is 30.6. The number of ketones is 1. The smallest absolute Gasteiger partial charge is 0.421 e. The first-order valence-corrected chi connectivity index (χ1v) is 15.3. The van der Waals surface area contributed by atoms with Crippen LogP contribution in [0.5, 0.6) is 0 Å². The van der Waals surface area contributed by atoms with Crippen LogP contribution in [0.3, 0.4) is 0 Å². The van der Waals surface area contributed by atoms with Gasteiger partial charge in [-0.15, -0.1) is 0 Å². The number of Topliss-reactive ketones (excluding diaryl/α,β-unsaturated/α-hetero) is 1. The molecule has 0 atom stereocenters. The number of benzene rings is 2. The van der Waals surface area contributed by atoms with E-state index in [-0.39, 0.29) is 36.0 Å². The van der Waals surface area contributed by atoms with E-state index in [1.54, 1.807) is 37.6 Å². The van der Waals surface area contributed by atoms with Crippen molar-refractivity contribution < 1.29 is 27.1 Å². The molecule has 0 aliphatic carbocycles. The van der Waals surface area contributed by atoms with E-state index < -0.39 is 33.3 Å². The lowest BCUT2D eigenvalue weighted by atomic mass is 9.92. The molecule has 222 valence electrons. The Balaban J connectivity index is 1.62. The van der Waals surface area contributed by atoms with E-state index in [9.17, 15) is 22.4 Å². The third-order valence-corrected chi connectivity index (χ3v) is 7.52. The number of ether oxygens (including phenoxy) is 1. The first-order valence-electron chi connectivity index (χ1n) is 13.3. The van der Waals surface area contributed by atoms with Crippen molar-refractivity contribution in [3.63, 3.8) is 0 Å². The van der Waals surface area contributed by atoms with Gasteiger partial charge in [-0.2, -0.15) is 5.10 Å². The summed E-state index contributed by atoms with van der Waals surface area (Å²) < 4.78 is 47.8. The van der Waals surface area contributed by atoms with E-state index in [2.05, 4.69) is 20.8 Å². The molecule has 1 aromatic heterocycles. The molecule has 0 saturated heterocycles. The normalized spacial score (nSPS) is 12.3. The molecule has 8 nitrogen and oxygen atoms in total. The van der Waals surface area contributed by atoms with Crippen LogP contribution in [0.15, 0.2) is 48.5 Å². The zero-order valence-electron chi connectivity index (χ0n) is 24.3. The second-order valence-electron chi connectivity index (χ2n) is 12.0. The number of hydrogen-bond acceptors (Lipinski definition) is 6. The van der Waals surface area contributed by atoms with Gasteiger partial charge < -0.3 is 4.74 Å². The van der Waals surface area contributed by atoms with Gasteiger partial charge in [0.05, 0.1) is 17.1 Å². The highest BCUT2D eigenvalue weighted by molar-refractivity contribution is 7.90. The molecule has 0 aliphatic rings. The summed E-state index contributed by atoms with van der Waals surface area (Å²) >= 11 is 6.19. The van der Waals surface area contributed by atoms with Crippen LogP contribution >= 0.6 is 11.6 Å². The molecule has 2 aromatic carbocycles. The largest absolute Gasteiger partial charge is 0.443 e. The van der Waals surface area contributed by atoms with E-state index in [1.807, 2.05) is 29.0 Å². The lowest BCUT2D eigenvalue weighted by Crippen LogP contribution is -2.37. The molecule has 1 heterocycles. The average Bonchev–Trinajstić information content (AvgIpc) is 3.26. The van der Waals surface area contributed by atoms with Crippen molar-refractivity contribution in [1.82, 2.24) is 14.5 Å². The number of carbonyl (C=O) groups excluding carboxylic acids is 2. The Kier molecular flexibility index (Phi) is 10.0. The van der Waals surface area contributed by atoms with Gasteiger partial charge in [0.2, 0.25) is 10.0 Å². The Morgan fingerprint density at radius 1 is 1.02 bits per heavy atom. The molecule has 41 heavy (non-hydrogen) atoms. The maximum absolute atomic E-state index is 14.8. The molecule has 0 aliphatic heterocycles. The fraction of sp³-hybridized carbons (Fsp3) is 0.433. The van der Waals surface area contributed by atoms with Crippen LogP contribution in [0, 0.1) is 5.82 Å². The number of nitrogens with zero attached hydrogens (tertiary/aromatic N) is 2.